The average molecular weight is 444 g/mol. The Morgan fingerprint density at radius 1 is 0.875 bits per heavy atom. The predicted octanol–water partition coefficient (Wildman–Crippen LogP) is 7.75. The van der Waals surface area contributed by atoms with Gasteiger partial charge in [0.25, 0.3) is 0 Å². The van der Waals surface area contributed by atoms with Crippen LogP contribution in [0.5, 0.6) is 11.6 Å². The van der Waals surface area contributed by atoms with E-state index in [1.54, 1.807) is 18.3 Å². The Kier molecular flexibility index (Phi) is 10.8. The smallest absolute Gasteiger partial charge is 0.314 e. The zero-order chi connectivity index (χ0) is 22.6. The van der Waals surface area contributed by atoms with Crippen molar-refractivity contribution in [3.63, 3.8) is 0 Å². The SMILES string of the molecule is CCCCCCCC1CCC(C2CCC(C(=O)Oc3ccc(OCCC)nc3)CC2)CC1. The number of carbonyl (C=O) groups excluding carboxylic acids is 1. The molecule has 0 unspecified atom stereocenters. The number of ether oxygens (including phenoxy) is 2. The van der Waals surface area contributed by atoms with E-state index >= 15 is 0 Å². The molecule has 1 heterocycles. The van der Waals surface area contributed by atoms with Crippen LogP contribution >= 0.6 is 0 Å². The summed E-state index contributed by atoms with van der Waals surface area (Å²) in [4.78, 5) is 16.9. The number of esters is 1. The minimum absolute atomic E-state index is 0.0433. The fourth-order valence-corrected chi connectivity index (χ4v) is 5.73. The van der Waals surface area contributed by atoms with E-state index in [0.29, 0.717) is 18.2 Å². The Bertz CT molecular complexity index is 643. The van der Waals surface area contributed by atoms with E-state index in [1.807, 2.05) is 0 Å². The van der Waals surface area contributed by atoms with Crippen molar-refractivity contribution in [2.45, 2.75) is 110 Å². The molecule has 0 N–H and O–H groups in total. The summed E-state index contributed by atoms with van der Waals surface area (Å²) in [5, 5.41) is 0. The number of hydrogen-bond acceptors (Lipinski definition) is 4. The molecule has 3 rings (SSSR count). The topological polar surface area (TPSA) is 48.4 Å². The highest BCUT2D eigenvalue weighted by Crippen LogP contribution is 2.42. The Labute approximate surface area is 195 Å². The van der Waals surface area contributed by atoms with E-state index < -0.39 is 0 Å². The molecule has 0 bridgehead atoms. The molecule has 0 aromatic carbocycles. The third-order valence-corrected chi connectivity index (χ3v) is 7.76. The quantitative estimate of drug-likeness (QED) is 0.245. The van der Waals surface area contributed by atoms with Gasteiger partial charge in [-0.15, -0.1) is 0 Å². The second kappa shape index (κ2) is 13.9. The average Bonchev–Trinajstić information content (AvgIpc) is 2.84. The Hall–Kier alpha value is -1.58. The molecule has 0 spiro atoms. The van der Waals surface area contributed by atoms with Gasteiger partial charge in [0.2, 0.25) is 5.88 Å². The maximum Gasteiger partial charge on any atom is 0.314 e. The molecule has 2 aliphatic rings. The van der Waals surface area contributed by atoms with Crippen molar-refractivity contribution in [2.75, 3.05) is 6.61 Å². The molecule has 2 aliphatic carbocycles. The first-order valence-electron chi connectivity index (χ1n) is 13.5. The van der Waals surface area contributed by atoms with E-state index in [9.17, 15) is 4.79 Å². The lowest BCUT2D eigenvalue weighted by molar-refractivity contribution is -0.140. The van der Waals surface area contributed by atoms with Crippen LogP contribution in [0.1, 0.15) is 110 Å². The molecule has 4 nitrogen and oxygen atoms in total. The van der Waals surface area contributed by atoms with Gasteiger partial charge in [0.05, 0.1) is 18.7 Å². The van der Waals surface area contributed by atoms with Gasteiger partial charge in [-0.2, -0.15) is 0 Å². The number of unbranched alkanes of at least 4 members (excludes halogenated alkanes) is 4. The van der Waals surface area contributed by atoms with Gasteiger partial charge in [-0.3, -0.25) is 4.79 Å². The van der Waals surface area contributed by atoms with Gasteiger partial charge in [0.1, 0.15) is 5.75 Å². The van der Waals surface area contributed by atoms with E-state index in [4.69, 9.17) is 9.47 Å². The van der Waals surface area contributed by atoms with Gasteiger partial charge in [-0.1, -0.05) is 65.2 Å². The van der Waals surface area contributed by atoms with Gasteiger partial charge in [0, 0.05) is 6.07 Å². The summed E-state index contributed by atoms with van der Waals surface area (Å²) in [6.45, 7) is 5.00. The molecule has 180 valence electrons. The number of rotatable bonds is 12. The summed E-state index contributed by atoms with van der Waals surface area (Å²) in [6.07, 6.45) is 21.1. The molecule has 0 radical (unpaired) electrons. The predicted molar refractivity (Wildman–Crippen MR) is 130 cm³/mol. The molecule has 2 saturated carbocycles. The van der Waals surface area contributed by atoms with Gasteiger partial charge in [0.15, 0.2) is 0 Å². The van der Waals surface area contributed by atoms with Crippen molar-refractivity contribution >= 4 is 5.97 Å². The summed E-state index contributed by atoms with van der Waals surface area (Å²) in [6, 6.07) is 3.56. The second-order valence-corrected chi connectivity index (χ2v) is 10.2. The first-order valence-corrected chi connectivity index (χ1v) is 13.5. The highest BCUT2D eigenvalue weighted by molar-refractivity contribution is 5.75. The fraction of sp³-hybridized carbons (Fsp3) is 0.786. The van der Waals surface area contributed by atoms with Crippen LogP contribution in [-0.2, 0) is 4.79 Å². The molecular weight excluding hydrogens is 398 g/mol. The van der Waals surface area contributed by atoms with Crippen LogP contribution in [0.4, 0.5) is 0 Å². The van der Waals surface area contributed by atoms with E-state index in [1.165, 1.54) is 77.0 Å². The Balaban J connectivity index is 1.32. The van der Waals surface area contributed by atoms with Crippen LogP contribution in [0.15, 0.2) is 18.3 Å². The lowest BCUT2D eigenvalue weighted by atomic mass is 9.68. The Morgan fingerprint density at radius 2 is 1.56 bits per heavy atom. The molecular formula is C28H45NO3. The van der Waals surface area contributed by atoms with Crippen LogP contribution in [0, 0.1) is 23.7 Å². The molecule has 32 heavy (non-hydrogen) atoms. The van der Waals surface area contributed by atoms with Crippen molar-refractivity contribution in [1.29, 1.82) is 0 Å². The van der Waals surface area contributed by atoms with Crippen LogP contribution in [-0.4, -0.2) is 17.6 Å². The number of pyridine rings is 1. The minimum Gasteiger partial charge on any atom is -0.478 e. The van der Waals surface area contributed by atoms with Crippen molar-refractivity contribution in [3.05, 3.63) is 18.3 Å². The van der Waals surface area contributed by atoms with E-state index in [0.717, 1.165) is 37.0 Å². The number of aromatic nitrogens is 1. The summed E-state index contributed by atoms with van der Waals surface area (Å²) >= 11 is 0. The van der Waals surface area contributed by atoms with Crippen LogP contribution in [0.25, 0.3) is 0 Å². The second-order valence-electron chi connectivity index (χ2n) is 10.2. The number of hydrogen-bond donors (Lipinski definition) is 0. The van der Waals surface area contributed by atoms with Gasteiger partial charge in [-0.05, 0) is 68.8 Å². The maximum atomic E-state index is 12.6. The monoisotopic (exact) mass is 443 g/mol. The molecule has 0 atom stereocenters. The highest BCUT2D eigenvalue weighted by Gasteiger charge is 2.33. The summed E-state index contributed by atoms with van der Waals surface area (Å²) < 4.78 is 11.1. The third kappa shape index (κ3) is 8.08. The van der Waals surface area contributed by atoms with Gasteiger partial charge < -0.3 is 9.47 Å². The number of nitrogens with zero attached hydrogens (tertiary/aromatic N) is 1. The standard InChI is InChI=1S/C28H45NO3/c1-3-5-6-7-8-9-22-10-12-23(13-11-22)24-14-16-25(17-15-24)28(30)32-26-18-19-27(29-21-26)31-20-4-2/h18-19,21-25H,3-17,20H2,1-2H3. The first-order chi connectivity index (χ1) is 15.7. The molecule has 0 amide bonds. The first kappa shape index (κ1) is 25.1. The molecule has 4 heteroatoms. The summed E-state index contributed by atoms with van der Waals surface area (Å²) in [5.74, 6) is 3.75. The minimum atomic E-state index is -0.0840. The lowest BCUT2D eigenvalue weighted by Gasteiger charge is -2.37. The fourth-order valence-electron chi connectivity index (χ4n) is 5.73. The number of carbonyl (C=O) groups is 1. The maximum absolute atomic E-state index is 12.6. The van der Waals surface area contributed by atoms with Crippen molar-refractivity contribution < 1.29 is 14.3 Å². The van der Waals surface area contributed by atoms with Crippen LogP contribution < -0.4 is 9.47 Å². The van der Waals surface area contributed by atoms with Crippen molar-refractivity contribution in [1.82, 2.24) is 4.98 Å². The van der Waals surface area contributed by atoms with Gasteiger partial charge >= 0.3 is 5.97 Å². The lowest BCUT2D eigenvalue weighted by Crippen LogP contribution is -2.30. The van der Waals surface area contributed by atoms with E-state index in [2.05, 4.69) is 18.8 Å². The molecule has 1 aromatic rings. The van der Waals surface area contributed by atoms with Gasteiger partial charge in [-0.25, -0.2) is 4.98 Å². The molecule has 2 fully saturated rings. The van der Waals surface area contributed by atoms with Crippen LogP contribution in [0.2, 0.25) is 0 Å². The van der Waals surface area contributed by atoms with E-state index in [-0.39, 0.29) is 11.9 Å². The van der Waals surface area contributed by atoms with Crippen molar-refractivity contribution in [2.24, 2.45) is 23.7 Å². The Morgan fingerprint density at radius 3 is 2.19 bits per heavy atom. The normalized spacial score (nSPS) is 25.9. The summed E-state index contributed by atoms with van der Waals surface area (Å²) in [5.41, 5.74) is 0. The zero-order valence-corrected chi connectivity index (χ0v) is 20.5. The third-order valence-electron chi connectivity index (χ3n) is 7.76. The molecule has 0 saturated heterocycles. The highest BCUT2D eigenvalue weighted by atomic mass is 16.5. The van der Waals surface area contributed by atoms with Crippen LogP contribution in [0.3, 0.4) is 0 Å². The molecule has 1 aromatic heterocycles. The summed E-state index contributed by atoms with van der Waals surface area (Å²) in [7, 11) is 0. The van der Waals surface area contributed by atoms with Crippen molar-refractivity contribution in [3.8, 4) is 11.6 Å². The largest absolute Gasteiger partial charge is 0.478 e. The molecule has 0 aliphatic heterocycles. The zero-order valence-electron chi connectivity index (χ0n) is 20.5.